The number of nitrogens with zero attached hydrogens (tertiary/aromatic N) is 2. The number of carbonyl (C=O) groups is 2. The molecule has 0 aromatic heterocycles. The molecule has 1 aliphatic carbocycles. The molecule has 1 aromatic carbocycles. The van der Waals surface area contributed by atoms with Gasteiger partial charge in [-0.05, 0) is 31.2 Å². The number of likely N-dealkylation sites (tertiary alicyclic amines) is 2. The topological polar surface area (TPSA) is 49.9 Å². The third-order valence-corrected chi connectivity index (χ3v) is 5.57. The highest BCUT2D eigenvalue weighted by atomic mass is 16.5. The Labute approximate surface area is 148 Å². The van der Waals surface area contributed by atoms with Crippen molar-refractivity contribution in [2.24, 2.45) is 11.8 Å². The van der Waals surface area contributed by atoms with E-state index in [0.29, 0.717) is 25.6 Å². The van der Waals surface area contributed by atoms with E-state index < -0.39 is 0 Å². The normalized spacial score (nSPS) is 21.9. The highest BCUT2D eigenvalue weighted by Gasteiger charge is 2.39. The molecule has 2 saturated heterocycles. The SMILES string of the molecule is O=C(C1CC1)N1CCC(C(=O)N2CC(OCc3ccccc3)C2)CC1. The van der Waals surface area contributed by atoms with Crippen molar-refractivity contribution in [1.29, 1.82) is 0 Å². The number of piperidine rings is 1. The van der Waals surface area contributed by atoms with Crippen LogP contribution in [-0.2, 0) is 20.9 Å². The number of hydrogen-bond donors (Lipinski definition) is 0. The maximum absolute atomic E-state index is 12.6. The minimum Gasteiger partial charge on any atom is -0.370 e. The Kier molecular flexibility index (Phi) is 4.75. The highest BCUT2D eigenvalue weighted by Crippen LogP contribution is 2.33. The molecular formula is C20H26N2O3. The van der Waals surface area contributed by atoms with Gasteiger partial charge in [0.25, 0.3) is 0 Å². The Morgan fingerprint density at radius 2 is 1.48 bits per heavy atom. The van der Waals surface area contributed by atoms with Gasteiger partial charge in [-0.25, -0.2) is 0 Å². The maximum atomic E-state index is 12.6. The van der Waals surface area contributed by atoms with E-state index in [2.05, 4.69) is 12.1 Å². The van der Waals surface area contributed by atoms with E-state index in [-0.39, 0.29) is 23.8 Å². The zero-order chi connectivity index (χ0) is 17.2. The fourth-order valence-corrected chi connectivity index (χ4v) is 3.71. The van der Waals surface area contributed by atoms with Crippen molar-refractivity contribution in [3.05, 3.63) is 35.9 Å². The maximum Gasteiger partial charge on any atom is 0.225 e. The van der Waals surface area contributed by atoms with Crippen LogP contribution in [0.15, 0.2) is 30.3 Å². The van der Waals surface area contributed by atoms with Crippen LogP contribution >= 0.6 is 0 Å². The highest BCUT2D eigenvalue weighted by molar-refractivity contribution is 5.82. The summed E-state index contributed by atoms with van der Waals surface area (Å²) in [5, 5.41) is 0. The molecular weight excluding hydrogens is 316 g/mol. The first-order valence-electron chi connectivity index (χ1n) is 9.44. The van der Waals surface area contributed by atoms with Gasteiger partial charge < -0.3 is 14.5 Å². The van der Waals surface area contributed by atoms with E-state index in [1.165, 1.54) is 5.56 Å². The predicted molar refractivity (Wildman–Crippen MR) is 93.6 cm³/mol. The molecule has 2 amide bonds. The van der Waals surface area contributed by atoms with Gasteiger partial charge >= 0.3 is 0 Å². The van der Waals surface area contributed by atoms with Crippen LogP contribution in [0.2, 0.25) is 0 Å². The summed E-state index contributed by atoms with van der Waals surface area (Å²) in [6, 6.07) is 10.1. The lowest BCUT2D eigenvalue weighted by Crippen LogP contribution is -2.57. The molecule has 3 aliphatic rings. The van der Waals surface area contributed by atoms with E-state index in [9.17, 15) is 9.59 Å². The lowest BCUT2D eigenvalue weighted by atomic mass is 9.93. The van der Waals surface area contributed by atoms with Crippen LogP contribution in [0.3, 0.4) is 0 Å². The molecule has 2 heterocycles. The van der Waals surface area contributed by atoms with Gasteiger partial charge in [0.05, 0.1) is 12.7 Å². The fraction of sp³-hybridized carbons (Fsp3) is 0.600. The van der Waals surface area contributed by atoms with Crippen LogP contribution in [0.1, 0.15) is 31.2 Å². The predicted octanol–water partition coefficient (Wildman–Crippen LogP) is 2.06. The first-order chi connectivity index (χ1) is 12.2. The minimum absolute atomic E-state index is 0.0818. The van der Waals surface area contributed by atoms with E-state index in [4.69, 9.17) is 4.74 Å². The first kappa shape index (κ1) is 16.6. The van der Waals surface area contributed by atoms with Crippen LogP contribution in [-0.4, -0.2) is 53.9 Å². The lowest BCUT2D eigenvalue weighted by Gasteiger charge is -2.42. The standard InChI is InChI=1S/C20H26N2O3/c23-19(16-6-7-16)21-10-8-17(9-11-21)20(24)22-12-18(13-22)25-14-15-4-2-1-3-5-15/h1-5,16-18H,6-14H2. The van der Waals surface area contributed by atoms with Gasteiger partial charge in [-0.15, -0.1) is 0 Å². The Morgan fingerprint density at radius 3 is 2.12 bits per heavy atom. The molecule has 3 fully saturated rings. The summed E-state index contributed by atoms with van der Waals surface area (Å²) >= 11 is 0. The Balaban J connectivity index is 1.17. The molecule has 0 atom stereocenters. The van der Waals surface area contributed by atoms with Gasteiger partial charge in [0.15, 0.2) is 0 Å². The Morgan fingerprint density at radius 1 is 0.880 bits per heavy atom. The van der Waals surface area contributed by atoms with Gasteiger partial charge in [-0.3, -0.25) is 9.59 Å². The number of benzene rings is 1. The third kappa shape index (κ3) is 3.87. The molecule has 0 spiro atoms. The van der Waals surface area contributed by atoms with Gasteiger partial charge in [-0.1, -0.05) is 30.3 Å². The summed E-state index contributed by atoms with van der Waals surface area (Å²) in [5.74, 6) is 0.922. The summed E-state index contributed by atoms with van der Waals surface area (Å²) in [5.41, 5.74) is 1.17. The molecule has 2 aliphatic heterocycles. The second-order valence-electron chi connectivity index (χ2n) is 7.54. The van der Waals surface area contributed by atoms with Crippen LogP contribution in [0.4, 0.5) is 0 Å². The van der Waals surface area contributed by atoms with Gasteiger partial charge in [0, 0.05) is 38.0 Å². The van der Waals surface area contributed by atoms with Crippen LogP contribution in [0.5, 0.6) is 0 Å². The van der Waals surface area contributed by atoms with Crippen LogP contribution in [0, 0.1) is 11.8 Å². The summed E-state index contributed by atoms with van der Waals surface area (Å²) in [6.07, 6.45) is 3.87. The van der Waals surface area contributed by atoms with Crippen molar-refractivity contribution in [3.8, 4) is 0 Å². The van der Waals surface area contributed by atoms with E-state index >= 15 is 0 Å². The zero-order valence-electron chi connectivity index (χ0n) is 14.6. The quantitative estimate of drug-likeness (QED) is 0.823. The average Bonchev–Trinajstić information content (AvgIpc) is 3.46. The van der Waals surface area contributed by atoms with Crippen molar-refractivity contribution < 1.29 is 14.3 Å². The monoisotopic (exact) mass is 342 g/mol. The van der Waals surface area contributed by atoms with Gasteiger partial charge in [0.2, 0.25) is 11.8 Å². The van der Waals surface area contributed by atoms with E-state index in [0.717, 1.165) is 38.8 Å². The minimum atomic E-state index is 0.0818. The van der Waals surface area contributed by atoms with Gasteiger partial charge in [0.1, 0.15) is 0 Å². The largest absolute Gasteiger partial charge is 0.370 e. The zero-order valence-corrected chi connectivity index (χ0v) is 14.6. The van der Waals surface area contributed by atoms with Crippen molar-refractivity contribution in [1.82, 2.24) is 9.80 Å². The molecule has 5 heteroatoms. The van der Waals surface area contributed by atoms with Crippen molar-refractivity contribution >= 4 is 11.8 Å². The summed E-state index contributed by atoms with van der Waals surface area (Å²) < 4.78 is 5.87. The molecule has 4 rings (SSSR count). The summed E-state index contributed by atoms with van der Waals surface area (Å²) in [6.45, 7) is 3.50. The molecule has 25 heavy (non-hydrogen) atoms. The lowest BCUT2D eigenvalue weighted by molar-refractivity contribution is -0.153. The summed E-state index contributed by atoms with van der Waals surface area (Å²) in [7, 11) is 0. The first-order valence-corrected chi connectivity index (χ1v) is 9.44. The summed E-state index contributed by atoms with van der Waals surface area (Å²) in [4.78, 5) is 28.6. The molecule has 1 aromatic rings. The Hall–Kier alpha value is -1.88. The Bertz CT molecular complexity index is 615. The molecule has 5 nitrogen and oxygen atoms in total. The van der Waals surface area contributed by atoms with Crippen LogP contribution in [0.25, 0.3) is 0 Å². The molecule has 0 N–H and O–H groups in total. The second kappa shape index (κ2) is 7.16. The number of amides is 2. The number of hydrogen-bond acceptors (Lipinski definition) is 3. The van der Waals surface area contributed by atoms with E-state index in [1.807, 2.05) is 28.0 Å². The average molecular weight is 342 g/mol. The van der Waals surface area contributed by atoms with Crippen molar-refractivity contribution in [2.45, 2.75) is 38.4 Å². The molecule has 1 saturated carbocycles. The molecule has 0 bridgehead atoms. The molecule has 134 valence electrons. The smallest absolute Gasteiger partial charge is 0.225 e. The number of rotatable bonds is 5. The van der Waals surface area contributed by atoms with Crippen molar-refractivity contribution in [3.63, 3.8) is 0 Å². The molecule has 0 radical (unpaired) electrons. The van der Waals surface area contributed by atoms with Crippen LogP contribution < -0.4 is 0 Å². The van der Waals surface area contributed by atoms with Gasteiger partial charge in [-0.2, -0.15) is 0 Å². The van der Waals surface area contributed by atoms with Crippen molar-refractivity contribution in [2.75, 3.05) is 26.2 Å². The second-order valence-corrected chi connectivity index (χ2v) is 7.54. The van der Waals surface area contributed by atoms with E-state index in [1.54, 1.807) is 0 Å². The number of ether oxygens (including phenoxy) is 1. The fourth-order valence-electron chi connectivity index (χ4n) is 3.71. The molecule has 0 unspecified atom stereocenters. The number of carbonyl (C=O) groups excluding carboxylic acids is 2. The third-order valence-electron chi connectivity index (χ3n) is 5.57.